The highest BCUT2D eigenvalue weighted by molar-refractivity contribution is 5.92. The zero-order valence-corrected chi connectivity index (χ0v) is 18.0. The number of amides is 1. The van der Waals surface area contributed by atoms with Gasteiger partial charge in [0.05, 0.1) is 20.3 Å². The molecule has 0 spiro atoms. The maximum absolute atomic E-state index is 12.6. The van der Waals surface area contributed by atoms with Crippen LogP contribution in [0.1, 0.15) is 19.4 Å². The van der Waals surface area contributed by atoms with Crippen LogP contribution in [0, 0.1) is 0 Å². The van der Waals surface area contributed by atoms with Gasteiger partial charge in [-0.2, -0.15) is 0 Å². The Morgan fingerprint density at radius 1 is 0.933 bits per heavy atom. The second-order valence-electron chi connectivity index (χ2n) is 6.92. The molecule has 0 atom stereocenters. The molecule has 6 heteroatoms. The molecule has 0 aliphatic carbocycles. The average Bonchev–Trinajstić information content (AvgIpc) is 2.79. The predicted molar refractivity (Wildman–Crippen MR) is 120 cm³/mol. The molecule has 0 bridgehead atoms. The lowest BCUT2D eigenvalue weighted by Gasteiger charge is -2.35. The smallest absolute Gasteiger partial charge is 0.246 e. The van der Waals surface area contributed by atoms with E-state index in [1.54, 1.807) is 13.2 Å². The topological polar surface area (TPSA) is 51.2 Å². The first-order chi connectivity index (χ1) is 14.6. The highest BCUT2D eigenvalue weighted by Crippen LogP contribution is 2.29. The highest BCUT2D eigenvalue weighted by atomic mass is 16.5. The van der Waals surface area contributed by atoms with Crippen LogP contribution < -0.4 is 19.1 Å². The number of carbonyl (C=O) groups is 1. The third kappa shape index (κ3) is 5.47. The molecule has 1 heterocycles. The molecule has 1 aliphatic heterocycles. The third-order valence-corrected chi connectivity index (χ3v) is 5.01. The van der Waals surface area contributed by atoms with Gasteiger partial charge < -0.3 is 24.0 Å². The first kappa shape index (κ1) is 21.6. The molecule has 1 amide bonds. The minimum atomic E-state index is 0.0243. The minimum absolute atomic E-state index is 0.0243. The van der Waals surface area contributed by atoms with Crippen LogP contribution in [0.2, 0.25) is 0 Å². The largest absolute Gasteiger partial charge is 0.497 e. The Kier molecular flexibility index (Phi) is 7.60. The van der Waals surface area contributed by atoms with E-state index in [1.807, 2.05) is 55.2 Å². The number of ether oxygens (including phenoxy) is 3. The van der Waals surface area contributed by atoms with Crippen molar-refractivity contribution in [2.45, 2.75) is 13.8 Å². The molecule has 1 aliphatic rings. The number of rotatable bonds is 8. The number of methoxy groups -OCH3 is 1. The summed E-state index contributed by atoms with van der Waals surface area (Å²) in [6.45, 7) is 8.03. The highest BCUT2D eigenvalue weighted by Gasteiger charge is 2.20. The summed E-state index contributed by atoms with van der Waals surface area (Å²) >= 11 is 0. The van der Waals surface area contributed by atoms with E-state index in [0.29, 0.717) is 32.1 Å². The van der Waals surface area contributed by atoms with Gasteiger partial charge in [-0.05, 0) is 61.9 Å². The summed E-state index contributed by atoms with van der Waals surface area (Å²) in [4.78, 5) is 16.8. The lowest BCUT2D eigenvalue weighted by molar-refractivity contribution is -0.126. The van der Waals surface area contributed by atoms with Gasteiger partial charge in [0.1, 0.15) is 5.75 Å². The number of piperazine rings is 1. The summed E-state index contributed by atoms with van der Waals surface area (Å²) < 4.78 is 16.5. The van der Waals surface area contributed by atoms with Gasteiger partial charge in [0.25, 0.3) is 0 Å². The number of anilines is 1. The number of carbonyl (C=O) groups excluding carboxylic acids is 1. The SMILES string of the molecule is CCOc1ccc(/C=C/C(=O)N2CCN(c3ccc(OC)cc3)CC2)cc1OCC. The summed E-state index contributed by atoms with van der Waals surface area (Å²) in [5, 5.41) is 0. The molecule has 6 nitrogen and oxygen atoms in total. The molecule has 1 saturated heterocycles. The lowest BCUT2D eigenvalue weighted by atomic mass is 10.1. The Bertz CT molecular complexity index is 856. The molecule has 0 saturated carbocycles. The van der Waals surface area contributed by atoms with Crippen LogP contribution in [-0.2, 0) is 4.79 Å². The molecule has 160 valence electrons. The Morgan fingerprint density at radius 2 is 1.60 bits per heavy atom. The maximum Gasteiger partial charge on any atom is 0.246 e. The van der Waals surface area contributed by atoms with Crippen molar-refractivity contribution in [1.82, 2.24) is 4.90 Å². The van der Waals surface area contributed by atoms with E-state index in [0.717, 1.165) is 35.8 Å². The van der Waals surface area contributed by atoms with Crippen molar-refractivity contribution in [1.29, 1.82) is 0 Å². The fraction of sp³-hybridized carbons (Fsp3) is 0.375. The Hall–Kier alpha value is -3.15. The van der Waals surface area contributed by atoms with Crippen molar-refractivity contribution >= 4 is 17.7 Å². The monoisotopic (exact) mass is 410 g/mol. The quantitative estimate of drug-likeness (QED) is 0.619. The molecule has 0 aromatic heterocycles. The van der Waals surface area contributed by atoms with Gasteiger partial charge in [-0.25, -0.2) is 0 Å². The van der Waals surface area contributed by atoms with Gasteiger partial charge in [0, 0.05) is 37.9 Å². The Morgan fingerprint density at radius 3 is 2.23 bits per heavy atom. The van der Waals surface area contributed by atoms with Gasteiger partial charge >= 0.3 is 0 Å². The fourth-order valence-corrected chi connectivity index (χ4v) is 3.42. The van der Waals surface area contributed by atoms with Crippen LogP contribution in [0.3, 0.4) is 0 Å². The van der Waals surface area contributed by atoms with Crippen molar-refractivity contribution in [3.05, 3.63) is 54.1 Å². The molecule has 30 heavy (non-hydrogen) atoms. The molecule has 2 aromatic carbocycles. The van der Waals surface area contributed by atoms with Crippen LogP contribution in [-0.4, -0.2) is 57.3 Å². The van der Waals surface area contributed by atoms with E-state index >= 15 is 0 Å². The normalized spacial score (nSPS) is 14.1. The number of nitrogens with zero attached hydrogens (tertiary/aromatic N) is 2. The first-order valence-corrected chi connectivity index (χ1v) is 10.4. The van der Waals surface area contributed by atoms with Gasteiger partial charge in [-0.15, -0.1) is 0 Å². The van der Waals surface area contributed by atoms with Gasteiger partial charge in [-0.1, -0.05) is 6.07 Å². The van der Waals surface area contributed by atoms with Gasteiger partial charge in [0.15, 0.2) is 11.5 Å². The number of hydrogen-bond donors (Lipinski definition) is 0. The van der Waals surface area contributed by atoms with Crippen LogP contribution in [0.5, 0.6) is 17.2 Å². The standard InChI is InChI=1S/C24H30N2O4/c1-4-29-22-12-6-19(18-23(22)30-5-2)7-13-24(27)26-16-14-25(15-17-26)20-8-10-21(28-3)11-9-20/h6-13,18H,4-5,14-17H2,1-3H3/b13-7+. The molecule has 3 rings (SSSR count). The lowest BCUT2D eigenvalue weighted by Crippen LogP contribution is -2.48. The maximum atomic E-state index is 12.6. The van der Waals surface area contributed by atoms with Crippen LogP contribution in [0.15, 0.2) is 48.5 Å². The predicted octanol–water partition coefficient (Wildman–Crippen LogP) is 3.85. The summed E-state index contributed by atoms with van der Waals surface area (Å²) in [6, 6.07) is 13.7. The van der Waals surface area contributed by atoms with Crippen LogP contribution >= 0.6 is 0 Å². The second-order valence-corrected chi connectivity index (χ2v) is 6.92. The molecule has 2 aromatic rings. The van der Waals surface area contributed by atoms with E-state index in [1.165, 1.54) is 0 Å². The summed E-state index contributed by atoms with van der Waals surface area (Å²) in [6.07, 6.45) is 3.46. The summed E-state index contributed by atoms with van der Waals surface area (Å²) in [5.74, 6) is 2.29. The van der Waals surface area contributed by atoms with E-state index in [4.69, 9.17) is 14.2 Å². The summed E-state index contributed by atoms with van der Waals surface area (Å²) in [5.41, 5.74) is 2.06. The summed E-state index contributed by atoms with van der Waals surface area (Å²) in [7, 11) is 1.66. The Balaban J connectivity index is 1.57. The molecule has 0 radical (unpaired) electrons. The molecule has 1 fully saturated rings. The van der Waals surface area contributed by atoms with E-state index < -0.39 is 0 Å². The Labute approximate surface area is 178 Å². The fourth-order valence-electron chi connectivity index (χ4n) is 3.42. The van der Waals surface area contributed by atoms with Crippen molar-refractivity contribution < 1.29 is 19.0 Å². The molecular formula is C24H30N2O4. The van der Waals surface area contributed by atoms with Gasteiger partial charge in [-0.3, -0.25) is 4.79 Å². The first-order valence-electron chi connectivity index (χ1n) is 10.4. The average molecular weight is 411 g/mol. The molecular weight excluding hydrogens is 380 g/mol. The molecule has 0 N–H and O–H groups in total. The van der Waals surface area contributed by atoms with E-state index in [9.17, 15) is 4.79 Å². The van der Waals surface area contributed by atoms with Crippen molar-refractivity contribution in [2.24, 2.45) is 0 Å². The second kappa shape index (κ2) is 10.6. The van der Waals surface area contributed by atoms with E-state index in [2.05, 4.69) is 17.0 Å². The minimum Gasteiger partial charge on any atom is -0.497 e. The number of benzene rings is 2. The molecule has 0 unspecified atom stereocenters. The van der Waals surface area contributed by atoms with E-state index in [-0.39, 0.29) is 5.91 Å². The van der Waals surface area contributed by atoms with Gasteiger partial charge in [0.2, 0.25) is 5.91 Å². The van der Waals surface area contributed by atoms with Crippen molar-refractivity contribution in [3.8, 4) is 17.2 Å². The zero-order chi connectivity index (χ0) is 21.3. The van der Waals surface area contributed by atoms with Crippen molar-refractivity contribution in [2.75, 3.05) is 51.4 Å². The van der Waals surface area contributed by atoms with Crippen molar-refractivity contribution in [3.63, 3.8) is 0 Å². The van der Waals surface area contributed by atoms with Crippen LogP contribution in [0.4, 0.5) is 5.69 Å². The van der Waals surface area contributed by atoms with Crippen LogP contribution in [0.25, 0.3) is 6.08 Å². The third-order valence-electron chi connectivity index (χ3n) is 5.01. The number of hydrogen-bond acceptors (Lipinski definition) is 5. The zero-order valence-electron chi connectivity index (χ0n) is 18.0.